The molecule has 0 saturated heterocycles. The second-order valence-electron chi connectivity index (χ2n) is 3.19. The molecule has 0 spiro atoms. The largest absolute Gasteiger partial charge is 0.479 e. The van der Waals surface area contributed by atoms with E-state index in [-0.39, 0.29) is 5.88 Å². The molecule has 0 aliphatic carbocycles. The Morgan fingerprint density at radius 3 is 2.75 bits per heavy atom. The number of methoxy groups -OCH3 is 1. The molecule has 0 unspecified atom stereocenters. The molecule has 0 fully saturated rings. The van der Waals surface area contributed by atoms with Crippen molar-refractivity contribution in [3.8, 4) is 17.3 Å². The Kier molecular flexibility index (Phi) is 2.91. The van der Waals surface area contributed by atoms with Crippen molar-refractivity contribution in [2.24, 2.45) is 7.05 Å². The first-order valence-electron chi connectivity index (χ1n) is 4.52. The number of nitrogens with zero attached hydrogens (tertiary/aromatic N) is 3. The minimum absolute atomic E-state index is 0.0324. The van der Waals surface area contributed by atoms with Crippen LogP contribution in [0.15, 0.2) is 22.8 Å². The quantitative estimate of drug-likeness (QED) is 0.851. The van der Waals surface area contributed by atoms with E-state index < -0.39 is 5.82 Å². The average Bonchev–Trinajstić information content (AvgIpc) is 2.59. The van der Waals surface area contributed by atoms with Gasteiger partial charge in [0.25, 0.3) is 5.88 Å². The van der Waals surface area contributed by atoms with Gasteiger partial charge in [0.1, 0.15) is 5.69 Å². The highest BCUT2D eigenvalue weighted by Gasteiger charge is 2.12. The van der Waals surface area contributed by atoms with Gasteiger partial charge in [-0.05, 0) is 28.1 Å². The summed E-state index contributed by atoms with van der Waals surface area (Å²) >= 11 is 3.36. The molecule has 0 bridgehead atoms. The molecule has 0 saturated carbocycles. The molecule has 2 aromatic rings. The predicted molar refractivity (Wildman–Crippen MR) is 60.6 cm³/mol. The van der Waals surface area contributed by atoms with Crippen LogP contribution in [0.5, 0.6) is 5.88 Å². The summed E-state index contributed by atoms with van der Waals surface area (Å²) in [4.78, 5) is 4.03. The van der Waals surface area contributed by atoms with E-state index in [1.165, 1.54) is 13.2 Å². The average molecular weight is 286 g/mol. The molecule has 4 nitrogen and oxygen atoms in total. The number of halogens is 2. The second-order valence-corrected chi connectivity index (χ2v) is 4.04. The standard InChI is InChI=1S/C10H9BrFN3O/c1-15-5-6(11)9(14-15)8-4-3-7(12)10(13-8)16-2/h3-5H,1-2H3. The number of aromatic nitrogens is 3. The first-order valence-corrected chi connectivity index (χ1v) is 5.31. The van der Waals surface area contributed by atoms with Gasteiger partial charge in [-0.2, -0.15) is 5.10 Å². The number of ether oxygens (including phenoxy) is 1. The number of aryl methyl sites for hydroxylation is 1. The van der Waals surface area contributed by atoms with Crippen LogP contribution in [-0.4, -0.2) is 21.9 Å². The molecule has 0 aromatic carbocycles. The molecule has 6 heteroatoms. The molecule has 0 radical (unpaired) electrons. The Morgan fingerprint density at radius 2 is 2.19 bits per heavy atom. The Morgan fingerprint density at radius 1 is 1.44 bits per heavy atom. The van der Waals surface area contributed by atoms with Gasteiger partial charge in [-0.3, -0.25) is 4.68 Å². The highest BCUT2D eigenvalue weighted by molar-refractivity contribution is 9.10. The van der Waals surface area contributed by atoms with Gasteiger partial charge < -0.3 is 4.74 Å². The van der Waals surface area contributed by atoms with E-state index in [9.17, 15) is 4.39 Å². The molecule has 0 amide bonds. The predicted octanol–water partition coefficient (Wildman–Crippen LogP) is 2.39. The van der Waals surface area contributed by atoms with E-state index in [1.807, 2.05) is 0 Å². The Hall–Kier alpha value is -1.43. The topological polar surface area (TPSA) is 39.9 Å². The summed E-state index contributed by atoms with van der Waals surface area (Å²) in [5, 5.41) is 4.21. The van der Waals surface area contributed by atoms with E-state index in [2.05, 4.69) is 26.0 Å². The zero-order valence-corrected chi connectivity index (χ0v) is 10.3. The summed E-state index contributed by atoms with van der Waals surface area (Å²) in [5.74, 6) is -0.520. The lowest BCUT2D eigenvalue weighted by Gasteiger charge is -2.02. The molecule has 2 rings (SSSR count). The monoisotopic (exact) mass is 285 g/mol. The van der Waals surface area contributed by atoms with Gasteiger partial charge >= 0.3 is 0 Å². The highest BCUT2D eigenvalue weighted by atomic mass is 79.9. The van der Waals surface area contributed by atoms with Crippen LogP contribution < -0.4 is 4.74 Å². The van der Waals surface area contributed by atoms with Gasteiger partial charge in [0.15, 0.2) is 5.82 Å². The van der Waals surface area contributed by atoms with Gasteiger partial charge in [-0.1, -0.05) is 0 Å². The van der Waals surface area contributed by atoms with Crippen LogP contribution >= 0.6 is 15.9 Å². The maximum absolute atomic E-state index is 13.2. The number of hydrogen-bond acceptors (Lipinski definition) is 3. The summed E-state index contributed by atoms with van der Waals surface area (Å²) in [6, 6.07) is 2.87. The summed E-state index contributed by atoms with van der Waals surface area (Å²) in [6.07, 6.45) is 1.80. The third-order valence-electron chi connectivity index (χ3n) is 2.03. The van der Waals surface area contributed by atoms with E-state index in [0.717, 1.165) is 4.47 Å². The van der Waals surface area contributed by atoms with E-state index >= 15 is 0 Å². The van der Waals surface area contributed by atoms with Gasteiger partial charge in [-0.15, -0.1) is 0 Å². The van der Waals surface area contributed by atoms with Crippen LogP contribution in [0.3, 0.4) is 0 Å². The van der Waals surface area contributed by atoms with Crippen LogP contribution in [0.4, 0.5) is 4.39 Å². The molecule has 0 aliphatic rings. The van der Waals surface area contributed by atoms with Gasteiger partial charge in [-0.25, -0.2) is 9.37 Å². The molecular weight excluding hydrogens is 277 g/mol. The van der Waals surface area contributed by atoms with Crippen LogP contribution in [0.1, 0.15) is 0 Å². The Bertz CT molecular complexity index is 527. The number of rotatable bonds is 2. The normalized spacial score (nSPS) is 10.5. The fourth-order valence-electron chi connectivity index (χ4n) is 1.33. The molecule has 84 valence electrons. The lowest BCUT2D eigenvalue weighted by molar-refractivity contribution is 0.369. The lowest BCUT2D eigenvalue weighted by Crippen LogP contribution is -1.95. The van der Waals surface area contributed by atoms with E-state index in [4.69, 9.17) is 4.74 Å². The lowest BCUT2D eigenvalue weighted by atomic mass is 10.3. The van der Waals surface area contributed by atoms with Crippen molar-refractivity contribution in [1.82, 2.24) is 14.8 Å². The zero-order chi connectivity index (χ0) is 11.7. The van der Waals surface area contributed by atoms with Gasteiger partial charge in [0.05, 0.1) is 17.3 Å². The van der Waals surface area contributed by atoms with Gasteiger partial charge in [0, 0.05) is 13.2 Å². The first-order chi connectivity index (χ1) is 7.61. The molecule has 2 heterocycles. The van der Waals surface area contributed by atoms with Gasteiger partial charge in [0.2, 0.25) is 0 Å². The van der Waals surface area contributed by atoms with Crippen molar-refractivity contribution in [3.63, 3.8) is 0 Å². The maximum atomic E-state index is 13.2. The SMILES string of the molecule is COc1nc(-c2nn(C)cc2Br)ccc1F. The summed E-state index contributed by atoms with van der Waals surface area (Å²) in [6.45, 7) is 0. The molecule has 0 aliphatic heterocycles. The molecule has 16 heavy (non-hydrogen) atoms. The summed E-state index contributed by atoms with van der Waals surface area (Å²) in [5.41, 5.74) is 1.21. The smallest absolute Gasteiger partial charge is 0.250 e. The van der Waals surface area contributed by atoms with Crippen LogP contribution in [0.2, 0.25) is 0 Å². The minimum Gasteiger partial charge on any atom is -0.479 e. The third-order valence-corrected chi connectivity index (χ3v) is 2.61. The fraction of sp³-hybridized carbons (Fsp3) is 0.200. The van der Waals surface area contributed by atoms with Crippen molar-refractivity contribution in [2.45, 2.75) is 0 Å². The second kappa shape index (κ2) is 4.21. The molecule has 2 aromatic heterocycles. The van der Waals surface area contributed by atoms with E-state index in [1.54, 1.807) is 24.0 Å². The van der Waals surface area contributed by atoms with Crippen molar-refractivity contribution < 1.29 is 9.13 Å². The van der Waals surface area contributed by atoms with Crippen molar-refractivity contribution >= 4 is 15.9 Å². The van der Waals surface area contributed by atoms with Crippen molar-refractivity contribution in [1.29, 1.82) is 0 Å². The molecule has 0 N–H and O–H groups in total. The minimum atomic E-state index is -0.488. The Balaban J connectivity index is 2.52. The number of hydrogen-bond donors (Lipinski definition) is 0. The maximum Gasteiger partial charge on any atom is 0.250 e. The Labute approximate surface area is 100 Å². The summed E-state index contributed by atoms with van der Waals surface area (Å²) < 4.78 is 20.4. The first kappa shape index (κ1) is 11.1. The molecular formula is C10H9BrFN3O. The van der Waals surface area contributed by atoms with Crippen LogP contribution in [0, 0.1) is 5.82 Å². The highest BCUT2D eigenvalue weighted by Crippen LogP contribution is 2.27. The molecule has 0 atom stereocenters. The summed E-state index contributed by atoms with van der Waals surface area (Å²) in [7, 11) is 3.18. The van der Waals surface area contributed by atoms with Crippen LogP contribution in [0.25, 0.3) is 11.4 Å². The van der Waals surface area contributed by atoms with Crippen molar-refractivity contribution in [3.05, 3.63) is 28.6 Å². The zero-order valence-electron chi connectivity index (χ0n) is 8.74. The van der Waals surface area contributed by atoms with E-state index in [0.29, 0.717) is 11.4 Å². The van der Waals surface area contributed by atoms with Crippen molar-refractivity contribution in [2.75, 3.05) is 7.11 Å². The van der Waals surface area contributed by atoms with Crippen LogP contribution in [-0.2, 0) is 7.05 Å². The third kappa shape index (κ3) is 1.92. The fourth-order valence-corrected chi connectivity index (χ4v) is 1.91. The number of pyridine rings is 1.